The Labute approximate surface area is 159 Å². The molecule has 0 aliphatic carbocycles. The first kappa shape index (κ1) is 19.6. The first-order valence-corrected chi connectivity index (χ1v) is 8.01. The Morgan fingerprint density at radius 3 is 2.46 bits per heavy atom. The molecule has 2 aromatic rings. The lowest BCUT2D eigenvalue weighted by Crippen LogP contribution is -2.32. The number of nitrogens with zero attached hydrogens (tertiary/aromatic N) is 1. The van der Waals surface area contributed by atoms with E-state index in [1.165, 1.54) is 32.6 Å². The summed E-state index contributed by atoms with van der Waals surface area (Å²) in [6.45, 7) is 0. The van der Waals surface area contributed by atoms with Gasteiger partial charge in [-0.3, -0.25) is 9.59 Å². The van der Waals surface area contributed by atoms with E-state index in [1.807, 2.05) is 0 Å². The zero-order chi connectivity index (χ0) is 19.1. The molecule has 0 radical (unpaired) electrons. The normalized spacial score (nSPS) is 10.5. The minimum Gasteiger partial charge on any atom is -0.497 e. The number of anilines is 1. The number of rotatable bonds is 5. The van der Waals surface area contributed by atoms with Gasteiger partial charge in [-0.1, -0.05) is 29.3 Å². The molecule has 136 valence electrons. The number of halogens is 2. The molecule has 26 heavy (non-hydrogen) atoms. The van der Waals surface area contributed by atoms with Crippen LogP contribution < -0.4 is 20.2 Å². The van der Waals surface area contributed by atoms with Crippen LogP contribution in [-0.4, -0.2) is 32.2 Å². The first-order valence-electron chi connectivity index (χ1n) is 7.26. The number of nitrogens with one attached hydrogen (secondary N) is 2. The van der Waals surface area contributed by atoms with Gasteiger partial charge in [0.1, 0.15) is 11.5 Å². The summed E-state index contributed by atoms with van der Waals surface area (Å²) >= 11 is 11.8. The predicted molar refractivity (Wildman–Crippen MR) is 100 cm³/mol. The van der Waals surface area contributed by atoms with Crippen LogP contribution in [0, 0.1) is 0 Å². The van der Waals surface area contributed by atoms with E-state index in [2.05, 4.69) is 15.8 Å². The number of hydrogen-bond donors (Lipinski definition) is 2. The van der Waals surface area contributed by atoms with Crippen molar-refractivity contribution in [2.45, 2.75) is 0 Å². The van der Waals surface area contributed by atoms with Crippen LogP contribution in [0.3, 0.4) is 0 Å². The van der Waals surface area contributed by atoms with Crippen molar-refractivity contribution in [3.8, 4) is 11.5 Å². The highest BCUT2D eigenvalue weighted by Crippen LogP contribution is 2.28. The van der Waals surface area contributed by atoms with Crippen molar-refractivity contribution in [1.29, 1.82) is 0 Å². The number of hydrogen-bond acceptors (Lipinski definition) is 5. The molecule has 2 N–H and O–H groups in total. The third kappa shape index (κ3) is 5.11. The van der Waals surface area contributed by atoms with Gasteiger partial charge in [0.2, 0.25) is 0 Å². The summed E-state index contributed by atoms with van der Waals surface area (Å²) in [6.07, 6.45) is 1.30. The fourth-order valence-electron chi connectivity index (χ4n) is 1.91. The van der Waals surface area contributed by atoms with Gasteiger partial charge in [-0.25, -0.2) is 5.43 Å². The zero-order valence-corrected chi connectivity index (χ0v) is 15.4. The molecule has 0 fully saturated rings. The molecule has 0 spiro atoms. The van der Waals surface area contributed by atoms with Crippen molar-refractivity contribution < 1.29 is 19.1 Å². The fourth-order valence-corrected chi connectivity index (χ4v) is 2.37. The summed E-state index contributed by atoms with van der Waals surface area (Å²) in [7, 11) is 2.93. The summed E-state index contributed by atoms with van der Waals surface area (Å²) in [5.74, 6) is -1.01. The quantitative estimate of drug-likeness (QED) is 0.462. The van der Waals surface area contributed by atoms with E-state index < -0.39 is 11.8 Å². The third-order valence-electron chi connectivity index (χ3n) is 3.19. The highest BCUT2D eigenvalue weighted by molar-refractivity contribution is 6.40. The number of ether oxygens (including phenoxy) is 2. The molecule has 0 aliphatic heterocycles. The van der Waals surface area contributed by atoms with Crippen molar-refractivity contribution in [3.05, 3.63) is 52.0 Å². The lowest BCUT2D eigenvalue weighted by Gasteiger charge is -2.11. The second-order valence-corrected chi connectivity index (χ2v) is 5.73. The molecule has 2 aromatic carbocycles. The third-order valence-corrected chi connectivity index (χ3v) is 3.76. The lowest BCUT2D eigenvalue weighted by molar-refractivity contribution is -0.136. The van der Waals surface area contributed by atoms with Gasteiger partial charge in [-0.05, 0) is 24.3 Å². The van der Waals surface area contributed by atoms with Gasteiger partial charge in [0.05, 0.1) is 31.1 Å². The van der Waals surface area contributed by atoms with Gasteiger partial charge >= 0.3 is 11.8 Å². The molecule has 0 saturated heterocycles. The molecular formula is C17H15Cl2N3O4. The van der Waals surface area contributed by atoms with E-state index in [-0.39, 0.29) is 5.69 Å². The molecule has 0 saturated carbocycles. The second kappa shape index (κ2) is 9.07. The van der Waals surface area contributed by atoms with Crippen molar-refractivity contribution in [2.75, 3.05) is 19.5 Å². The molecule has 0 atom stereocenters. The van der Waals surface area contributed by atoms with Crippen LogP contribution in [-0.2, 0) is 9.59 Å². The van der Waals surface area contributed by atoms with Crippen LogP contribution in [0.4, 0.5) is 5.69 Å². The molecule has 0 aliphatic rings. The number of carbonyl (C=O) groups excluding carboxylic acids is 2. The minimum absolute atomic E-state index is 0.289. The first-order chi connectivity index (χ1) is 12.4. The SMILES string of the molecule is COc1ccc(OC)c(NC(=O)C(=O)N/N=C/c2ccc(Cl)cc2Cl)c1. The lowest BCUT2D eigenvalue weighted by atomic mass is 10.2. The second-order valence-electron chi connectivity index (χ2n) is 4.89. The molecule has 0 unspecified atom stereocenters. The van der Waals surface area contributed by atoms with Crippen LogP contribution >= 0.6 is 23.2 Å². The molecule has 2 amide bonds. The van der Waals surface area contributed by atoms with Crippen LogP contribution in [0.1, 0.15) is 5.56 Å². The van der Waals surface area contributed by atoms with E-state index in [0.29, 0.717) is 27.1 Å². The predicted octanol–water partition coefficient (Wildman–Crippen LogP) is 3.10. The van der Waals surface area contributed by atoms with Crippen molar-refractivity contribution in [1.82, 2.24) is 5.43 Å². The van der Waals surface area contributed by atoms with Crippen LogP contribution in [0.15, 0.2) is 41.5 Å². The van der Waals surface area contributed by atoms with Crippen molar-refractivity contribution in [2.24, 2.45) is 5.10 Å². The van der Waals surface area contributed by atoms with Gasteiger partial charge in [0, 0.05) is 16.7 Å². The summed E-state index contributed by atoms with van der Waals surface area (Å²) in [5, 5.41) is 6.97. The minimum atomic E-state index is -0.962. The summed E-state index contributed by atoms with van der Waals surface area (Å²) < 4.78 is 10.2. The smallest absolute Gasteiger partial charge is 0.329 e. The van der Waals surface area contributed by atoms with E-state index in [9.17, 15) is 9.59 Å². The van der Waals surface area contributed by atoms with E-state index >= 15 is 0 Å². The Kier molecular flexibility index (Phi) is 6.82. The fraction of sp³-hybridized carbons (Fsp3) is 0.118. The maximum absolute atomic E-state index is 12.0. The molecule has 0 aromatic heterocycles. The number of benzene rings is 2. The Balaban J connectivity index is 2.02. The van der Waals surface area contributed by atoms with Crippen molar-refractivity contribution >= 4 is 46.9 Å². The Morgan fingerprint density at radius 2 is 1.81 bits per heavy atom. The average Bonchev–Trinajstić information content (AvgIpc) is 2.63. The summed E-state index contributed by atoms with van der Waals surface area (Å²) in [5.41, 5.74) is 2.94. The Hall–Kier alpha value is -2.77. The van der Waals surface area contributed by atoms with Crippen molar-refractivity contribution in [3.63, 3.8) is 0 Å². The van der Waals surface area contributed by atoms with Gasteiger partial charge in [0.15, 0.2) is 0 Å². The largest absolute Gasteiger partial charge is 0.497 e. The summed E-state index contributed by atoms with van der Waals surface area (Å²) in [4.78, 5) is 23.9. The Morgan fingerprint density at radius 1 is 1.04 bits per heavy atom. The molecule has 7 nitrogen and oxygen atoms in total. The molecular weight excluding hydrogens is 381 g/mol. The maximum Gasteiger partial charge on any atom is 0.329 e. The van der Waals surface area contributed by atoms with Gasteiger partial charge in [0.25, 0.3) is 0 Å². The van der Waals surface area contributed by atoms with Crippen LogP contribution in [0.25, 0.3) is 0 Å². The maximum atomic E-state index is 12.0. The van der Waals surface area contributed by atoms with E-state index in [1.54, 1.807) is 24.3 Å². The molecule has 2 rings (SSSR count). The van der Waals surface area contributed by atoms with Gasteiger partial charge in [-0.2, -0.15) is 5.10 Å². The molecule has 9 heteroatoms. The molecule has 0 bridgehead atoms. The highest BCUT2D eigenvalue weighted by Gasteiger charge is 2.16. The van der Waals surface area contributed by atoms with Gasteiger partial charge < -0.3 is 14.8 Å². The Bertz CT molecular complexity index is 856. The van der Waals surface area contributed by atoms with Crippen LogP contribution in [0.5, 0.6) is 11.5 Å². The van der Waals surface area contributed by atoms with E-state index in [0.717, 1.165) is 0 Å². The number of carbonyl (C=O) groups is 2. The van der Waals surface area contributed by atoms with Gasteiger partial charge in [-0.15, -0.1) is 0 Å². The number of methoxy groups -OCH3 is 2. The topological polar surface area (TPSA) is 89.0 Å². The standard InChI is InChI=1S/C17H15Cl2N3O4/c1-25-12-5-6-15(26-2)14(8-12)21-16(23)17(24)22-20-9-10-3-4-11(18)7-13(10)19/h3-9H,1-2H3,(H,21,23)(H,22,24)/b20-9+. The molecule has 0 heterocycles. The zero-order valence-electron chi connectivity index (χ0n) is 13.9. The monoisotopic (exact) mass is 395 g/mol. The average molecular weight is 396 g/mol. The highest BCUT2D eigenvalue weighted by atomic mass is 35.5. The number of amides is 2. The summed E-state index contributed by atoms with van der Waals surface area (Å²) in [6, 6.07) is 9.58. The number of hydrazone groups is 1. The van der Waals surface area contributed by atoms with Crippen LogP contribution in [0.2, 0.25) is 10.0 Å². The van der Waals surface area contributed by atoms with E-state index in [4.69, 9.17) is 32.7 Å².